The molecule has 0 bridgehead atoms. The molecule has 0 aliphatic heterocycles. The number of hydrogen-bond donors (Lipinski definition) is 2. The van der Waals surface area contributed by atoms with Crippen LogP contribution >= 0.6 is 11.6 Å². The zero-order valence-electron chi connectivity index (χ0n) is 25.5. The largest absolute Gasteiger partial charge is 0.417 e. The molecule has 2 N–H and O–H groups in total. The van der Waals surface area contributed by atoms with E-state index in [1.807, 2.05) is 0 Å². The lowest BCUT2D eigenvalue weighted by atomic mass is 9.48. The molecular weight excluding hydrogens is 657 g/mol. The molecule has 0 amide bonds. The van der Waals surface area contributed by atoms with E-state index < -0.39 is 53.0 Å². The molecular formula is C31H25B3ClF7N6. The second-order valence-electron chi connectivity index (χ2n) is 10.7. The van der Waals surface area contributed by atoms with Gasteiger partial charge in [0.1, 0.15) is 11.6 Å². The normalized spacial score (nSPS) is 12.6. The zero-order valence-corrected chi connectivity index (χ0v) is 26.3. The Morgan fingerprint density at radius 3 is 2.29 bits per heavy atom. The summed E-state index contributed by atoms with van der Waals surface area (Å²) >= 11 is 6.53. The fourth-order valence-electron chi connectivity index (χ4n) is 5.41. The fourth-order valence-corrected chi connectivity index (χ4v) is 5.64. The molecule has 0 saturated carbocycles. The first-order chi connectivity index (χ1) is 22.4. The van der Waals surface area contributed by atoms with Crippen LogP contribution in [0.5, 0.6) is 0 Å². The lowest BCUT2D eigenvalue weighted by Crippen LogP contribution is -2.48. The van der Waals surface area contributed by atoms with Crippen molar-refractivity contribution in [3.05, 3.63) is 107 Å². The highest BCUT2D eigenvalue weighted by Gasteiger charge is 2.35. The summed E-state index contributed by atoms with van der Waals surface area (Å²) in [5.74, 6) is -2.21. The van der Waals surface area contributed by atoms with Gasteiger partial charge in [0.2, 0.25) is 0 Å². The van der Waals surface area contributed by atoms with Gasteiger partial charge in [-0.05, 0) is 61.3 Å². The topological polar surface area (TPSA) is 56.3 Å². The van der Waals surface area contributed by atoms with Crippen LogP contribution in [0.2, 0.25) is 5.02 Å². The van der Waals surface area contributed by atoms with Crippen molar-refractivity contribution in [2.75, 3.05) is 28.7 Å². The maximum atomic E-state index is 14.6. The molecule has 3 aromatic carbocycles. The van der Waals surface area contributed by atoms with Crippen molar-refractivity contribution < 1.29 is 30.7 Å². The lowest BCUT2D eigenvalue weighted by molar-refractivity contribution is -0.136. The van der Waals surface area contributed by atoms with Gasteiger partial charge in [0.05, 0.1) is 59.3 Å². The number of nitrogens with zero attached hydrogens (tertiary/aromatic N) is 4. The highest BCUT2D eigenvalue weighted by atomic mass is 35.5. The van der Waals surface area contributed by atoms with Crippen molar-refractivity contribution in [2.45, 2.75) is 30.8 Å². The van der Waals surface area contributed by atoms with Gasteiger partial charge in [-0.3, -0.25) is 0 Å². The van der Waals surface area contributed by atoms with Crippen LogP contribution in [0.1, 0.15) is 28.3 Å². The van der Waals surface area contributed by atoms with Gasteiger partial charge in [-0.25, -0.2) is 17.6 Å². The number of alkyl halides is 5. The van der Waals surface area contributed by atoms with Gasteiger partial charge in [-0.1, -0.05) is 30.0 Å². The predicted molar refractivity (Wildman–Crippen MR) is 177 cm³/mol. The van der Waals surface area contributed by atoms with E-state index in [-0.39, 0.29) is 50.0 Å². The summed E-state index contributed by atoms with van der Waals surface area (Å²) in [6.07, 6.45) is -4.50. The molecule has 4 aromatic rings. The van der Waals surface area contributed by atoms with E-state index in [1.54, 1.807) is 6.92 Å². The summed E-state index contributed by atoms with van der Waals surface area (Å²) in [6.45, 7) is 8.16. The molecule has 0 saturated heterocycles. The number of halogens is 8. The van der Waals surface area contributed by atoms with Crippen LogP contribution in [-0.4, -0.2) is 59.0 Å². The molecule has 1 unspecified atom stereocenters. The minimum absolute atomic E-state index is 0.0207. The fraction of sp³-hybridized carbons (Fsp3) is 0.226. The molecule has 1 atom stereocenters. The van der Waals surface area contributed by atoms with Crippen LogP contribution in [0.25, 0.3) is 10.8 Å². The van der Waals surface area contributed by atoms with E-state index in [4.69, 9.17) is 35.1 Å². The molecule has 1 heterocycles. The molecule has 0 aliphatic rings. The molecule has 0 aliphatic carbocycles. The Labute approximate surface area is 281 Å². The van der Waals surface area contributed by atoms with Crippen molar-refractivity contribution >= 4 is 68.8 Å². The number of nitrogens with one attached hydrogen (secondary N) is 2. The third-order valence-corrected chi connectivity index (χ3v) is 7.73. The number of rotatable bonds is 12. The van der Waals surface area contributed by atoms with Crippen molar-refractivity contribution in [1.29, 1.82) is 0 Å². The number of aromatic nitrogens is 2. The van der Waals surface area contributed by atoms with Crippen LogP contribution in [0.4, 0.5) is 53.6 Å². The Bertz CT molecular complexity index is 1850. The molecule has 17 heteroatoms. The van der Waals surface area contributed by atoms with Crippen molar-refractivity contribution in [3.8, 4) is 0 Å². The summed E-state index contributed by atoms with van der Waals surface area (Å²) < 4.78 is 98.5. The average Bonchev–Trinajstić information content (AvgIpc) is 2.97. The number of hydrogen-bond acceptors (Lipinski definition) is 6. The van der Waals surface area contributed by atoms with Crippen LogP contribution in [0.15, 0.2) is 68.2 Å². The van der Waals surface area contributed by atoms with E-state index in [0.717, 1.165) is 34.2 Å². The summed E-state index contributed by atoms with van der Waals surface area (Å²) in [5, 5.41) is 10.7. The average molecular weight is 682 g/mol. The summed E-state index contributed by atoms with van der Waals surface area (Å²) in [4.78, 5) is 2.28. The van der Waals surface area contributed by atoms with Gasteiger partial charge in [0, 0.05) is 39.7 Å². The summed E-state index contributed by atoms with van der Waals surface area (Å²) in [5.41, 5.74) is -0.551. The molecule has 1 aromatic heterocycles. The summed E-state index contributed by atoms with van der Waals surface area (Å²) in [6, 6.07) is 4.99. The highest BCUT2D eigenvalue weighted by Crippen LogP contribution is 2.47. The van der Waals surface area contributed by atoms with Crippen molar-refractivity contribution in [1.82, 2.24) is 15.5 Å². The monoisotopic (exact) mass is 682 g/mol. The third-order valence-electron chi connectivity index (χ3n) is 7.38. The maximum absolute atomic E-state index is 14.6. The van der Waals surface area contributed by atoms with Gasteiger partial charge in [-0.2, -0.15) is 18.3 Å². The molecule has 6 nitrogen and oxygen atoms in total. The first kappa shape index (κ1) is 36.5. The lowest BCUT2D eigenvalue weighted by Gasteiger charge is -2.41. The Balaban J connectivity index is 2.16. The molecule has 6 radical (unpaired) electrons. The van der Waals surface area contributed by atoms with Crippen LogP contribution in [0.3, 0.4) is 0 Å². The summed E-state index contributed by atoms with van der Waals surface area (Å²) in [7, 11) is 19.5. The Kier molecular flexibility index (Phi) is 10.7. The van der Waals surface area contributed by atoms with Crippen molar-refractivity contribution in [2.24, 2.45) is 0 Å². The van der Waals surface area contributed by atoms with Crippen LogP contribution < -0.4 is 20.4 Å². The molecule has 0 fully saturated rings. The van der Waals surface area contributed by atoms with Gasteiger partial charge >= 0.3 is 6.18 Å². The Morgan fingerprint density at radius 2 is 1.71 bits per heavy atom. The van der Waals surface area contributed by atoms with Crippen molar-refractivity contribution in [3.63, 3.8) is 0 Å². The second kappa shape index (κ2) is 14.0. The van der Waals surface area contributed by atoms with E-state index in [9.17, 15) is 30.7 Å². The zero-order chi connectivity index (χ0) is 35.7. The number of anilines is 4. The van der Waals surface area contributed by atoms with E-state index in [0.29, 0.717) is 6.07 Å². The maximum Gasteiger partial charge on any atom is 0.417 e. The smallest absolute Gasteiger partial charge is 0.380 e. The minimum Gasteiger partial charge on any atom is -0.380 e. The van der Waals surface area contributed by atoms with Gasteiger partial charge in [0.25, 0.3) is 6.43 Å². The molecule has 48 heavy (non-hydrogen) atoms. The number of fused-ring (bicyclic) bond motifs is 1. The predicted octanol–water partition coefficient (Wildman–Crippen LogP) is 7.22. The first-order valence-corrected chi connectivity index (χ1v) is 14.3. The SMILES string of the molecule is [B]C([B])([B])N(C=C)c1c(N(C)CC(F)F)cc(Nc2nncc3c(C(F)(F)F)cc(F)cc23)c(C(NC=C)c2cc(F)ccc2Cl)c1C. The quantitative estimate of drug-likeness (QED) is 0.122. The van der Waals surface area contributed by atoms with Gasteiger partial charge in [-0.15, -0.1) is 5.10 Å². The van der Waals surface area contributed by atoms with Crippen LogP contribution in [-0.2, 0) is 6.18 Å². The van der Waals surface area contributed by atoms with E-state index >= 15 is 0 Å². The Morgan fingerprint density at radius 1 is 1.02 bits per heavy atom. The highest BCUT2D eigenvalue weighted by molar-refractivity contribution is 6.61. The first-order valence-electron chi connectivity index (χ1n) is 13.9. The van der Waals surface area contributed by atoms with E-state index in [1.165, 1.54) is 31.6 Å². The number of benzene rings is 3. The second-order valence-corrected chi connectivity index (χ2v) is 11.1. The molecule has 244 valence electrons. The Hall–Kier alpha value is -4.33. The standard InChI is InChI=1S/C31H25B3ClF7N6/c1-5-43-27(19-9-16(36)7-8-22(19)35)26-15(3)28(48(6-2)31(32,33)34)24(47(4)14-25(38)39)12-23(26)45-29-18-10-17(37)11-21(30(40,41)42)20(18)13-44-46-29/h5-13,25,27,43H,1-2,14H2,3-4H3,(H,45,46). The molecule has 0 spiro atoms. The van der Waals surface area contributed by atoms with Gasteiger partial charge in [0.15, 0.2) is 5.82 Å². The van der Waals surface area contributed by atoms with Crippen LogP contribution in [0, 0.1) is 18.6 Å². The van der Waals surface area contributed by atoms with E-state index in [2.05, 4.69) is 34.0 Å². The third kappa shape index (κ3) is 7.53. The minimum atomic E-state index is -4.95. The van der Waals surface area contributed by atoms with Gasteiger partial charge < -0.3 is 20.4 Å². The molecule has 4 rings (SSSR count).